The highest BCUT2D eigenvalue weighted by molar-refractivity contribution is 5.92. The van der Waals surface area contributed by atoms with E-state index in [1.165, 1.54) is 10.7 Å². The van der Waals surface area contributed by atoms with Gasteiger partial charge in [0, 0.05) is 10.9 Å². The van der Waals surface area contributed by atoms with Crippen LogP contribution in [0.1, 0.15) is 10.5 Å². The Morgan fingerprint density at radius 1 is 0.917 bits per heavy atom. The van der Waals surface area contributed by atoms with Crippen molar-refractivity contribution in [2.45, 2.75) is 0 Å². The molecular weight excluding hydrogens is 305 g/mol. The third-order valence-electron chi connectivity index (χ3n) is 3.93. The van der Waals surface area contributed by atoms with Gasteiger partial charge in [-0.25, -0.2) is 9.07 Å². The van der Waals surface area contributed by atoms with Crippen LogP contribution >= 0.6 is 0 Å². The Kier molecular flexibility index (Phi) is 3.39. The lowest BCUT2D eigenvalue weighted by molar-refractivity contribution is 0.111. The summed E-state index contributed by atoms with van der Waals surface area (Å²) in [7, 11) is 0. The number of carbonyl (C=O) groups is 1. The topological polar surface area (TPSA) is 47.8 Å². The van der Waals surface area contributed by atoms with E-state index in [0.29, 0.717) is 12.0 Å². The van der Waals surface area contributed by atoms with Crippen LogP contribution in [0, 0.1) is 5.82 Å². The van der Waals surface area contributed by atoms with Gasteiger partial charge in [0.1, 0.15) is 11.5 Å². The van der Waals surface area contributed by atoms with Crippen molar-refractivity contribution < 1.29 is 9.18 Å². The minimum atomic E-state index is -0.426. The second-order valence-corrected chi connectivity index (χ2v) is 5.33. The molecule has 3 aromatic carbocycles. The number of aromatic nitrogens is 3. The van der Waals surface area contributed by atoms with E-state index in [1.807, 2.05) is 42.5 Å². The second kappa shape index (κ2) is 5.70. The van der Waals surface area contributed by atoms with Gasteiger partial charge in [0.2, 0.25) is 0 Å². The number of benzene rings is 3. The summed E-state index contributed by atoms with van der Waals surface area (Å²) in [5, 5.41) is 9.98. The molecule has 4 nitrogen and oxygen atoms in total. The average Bonchev–Trinajstić information content (AvgIpc) is 3.05. The van der Waals surface area contributed by atoms with Crippen LogP contribution in [0.2, 0.25) is 0 Å². The van der Waals surface area contributed by atoms with Crippen molar-refractivity contribution in [1.29, 1.82) is 0 Å². The fourth-order valence-electron chi connectivity index (χ4n) is 2.84. The van der Waals surface area contributed by atoms with Crippen molar-refractivity contribution in [2.24, 2.45) is 0 Å². The predicted molar refractivity (Wildman–Crippen MR) is 89.6 cm³/mol. The highest BCUT2D eigenvalue weighted by atomic mass is 19.1. The van der Waals surface area contributed by atoms with Crippen molar-refractivity contribution in [2.75, 3.05) is 0 Å². The van der Waals surface area contributed by atoms with Crippen LogP contribution in [0.15, 0.2) is 66.7 Å². The first-order valence-electron chi connectivity index (χ1n) is 7.43. The summed E-state index contributed by atoms with van der Waals surface area (Å²) in [5.74, 6) is -0.426. The van der Waals surface area contributed by atoms with Gasteiger partial charge >= 0.3 is 0 Å². The molecule has 0 N–H and O–H groups in total. The first-order chi connectivity index (χ1) is 11.8. The van der Waals surface area contributed by atoms with Gasteiger partial charge in [-0.05, 0) is 23.6 Å². The summed E-state index contributed by atoms with van der Waals surface area (Å²) in [6.45, 7) is 0. The zero-order valence-electron chi connectivity index (χ0n) is 12.6. The first-order valence-corrected chi connectivity index (χ1v) is 7.43. The smallest absolute Gasteiger partial charge is 0.172 e. The van der Waals surface area contributed by atoms with Crippen LogP contribution < -0.4 is 0 Å². The molecule has 0 unspecified atom stereocenters. The monoisotopic (exact) mass is 317 g/mol. The average molecular weight is 317 g/mol. The van der Waals surface area contributed by atoms with E-state index in [9.17, 15) is 9.18 Å². The number of nitrogens with zero attached hydrogens (tertiary/aromatic N) is 3. The van der Waals surface area contributed by atoms with Crippen molar-refractivity contribution >= 4 is 17.1 Å². The SMILES string of the molecule is O=Cc1nnn(-c2cccc3ccccc23)c1-c1ccccc1F. The van der Waals surface area contributed by atoms with Gasteiger partial charge in [0.25, 0.3) is 0 Å². The normalized spacial score (nSPS) is 10.9. The van der Waals surface area contributed by atoms with E-state index in [4.69, 9.17) is 0 Å². The van der Waals surface area contributed by atoms with E-state index in [1.54, 1.807) is 18.2 Å². The van der Waals surface area contributed by atoms with Gasteiger partial charge in [-0.3, -0.25) is 4.79 Å². The number of fused-ring (bicyclic) bond motifs is 1. The minimum Gasteiger partial charge on any atom is -0.296 e. The molecule has 0 aliphatic carbocycles. The van der Waals surface area contributed by atoms with Gasteiger partial charge in [-0.15, -0.1) is 5.10 Å². The summed E-state index contributed by atoms with van der Waals surface area (Å²) in [4.78, 5) is 11.4. The minimum absolute atomic E-state index is 0.105. The molecule has 0 spiro atoms. The molecule has 0 aliphatic heterocycles. The van der Waals surface area contributed by atoms with Gasteiger partial charge < -0.3 is 0 Å². The van der Waals surface area contributed by atoms with Gasteiger partial charge in [0.15, 0.2) is 12.0 Å². The molecule has 4 aromatic rings. The molecule has 24 heavy (non-hydrogen) atoms. The maximum absolute atomic E-state index is 14.3. The molecule has 5 heteroatoms. The first kappa shape index (κ1) is 14.3. The number of aldehydes is 1. The van der Waals surface area contributed by atoms with Crippen molar-refractivity contribution in [3.05, 3.63) is 78.2 Å². The fraction of sp³-hybridized carbons (Fsp3) is 0. The maximum atomic E-state index is 14.3. The molecule has 0 radical (unpaired) electrons. The third kappa shape index (κ3) is 2.18. The van der Waals surface area contributed by atoms with Crippen LogP contribution in [0.5, 0.6) is 0 Å². The van der Waals surface area contributed by atoms with Crippen molar-refractivity contribution in [3.8, 4) is 16.9 Å². The van der Waals surface area contributed by atoms with Crippen molar-refractivity contribution in [3.63, 3.8) is 0 Å². The Morgan fingerprint density at radius 2 is 1.67 bits per heavy atom. The summed E-state index contributed by atoms with van der Waals surface area (Å²) < 4.78 is 15.8. The number of hydrogen-bond acceptors (Lipinski definition) is 3. The molecule has 4 rings (SSSR count). The van der Waals surface area contributed by atoms with Gasteiger partial charge in [0.05, 0.1) is 5.69 Å². The van der Waals surface area contributed by atoms with Crippen LogP contribution in [0.25, 0.3) is 27.7 Å². The summed E-state index contributed by atoms with van der Waals surface area (Å²) >= 11 is 0. The highest BCUT2D eigenvalue weighted by Crippen LogP contribution is 2.29. The quantitative estimate of drug-likeness (QED) is 0.536. The van der Waals surface area contributed by atoms with E-state index in [-0.39, 0.29) is 11.3 Å². The third-order valence-corrected chi connectivity index (χ3v) is 3.93. The van der Waals surface area contributed by atoms with E-state index in [2.05, 4.69) is 10.3 Å². The molecule has 1 aromatic heterocycles. The molecule has 0 amide bonds. The number of hydrogen-bond donors (Lipinski definition) is 0. The second-order valence-electron chi connectivity index (χ2n) is 5.33. The van der Waals surface area contributed by atoms with Crippen LogP contribution in [-0.4, -0.2) is 21.3 Å². The molecular formula is C19H12FN3O. The largest absolute Gasteiger partial charge is 0.296 e. The Bertz CT molecular complexity index is 1050. The predicted octanol–water partition coefficient (Wildman–Crippen LogP) is 4.04. The highest BCUT2D eigenvalue weighted by Gasteiger charge is 2.19. The summed E-state index contributed by atoms with van der Waals surface area (Å²) in [6.07, 6.45) is 0.594. The number of carbonyl (C=O) groups excluding carboxylic acids is 1. The molecule has 0 atom stereocenters. The lowest BCUT2D eigenvalue weighted by atomic mass is 10.1. The van der Waals surface area contributed by atoms with Crippen LogP contribution in [0.3, 0.4) is 0 Å². The standard InChI is InChI=1S/C19H12FN3O/c20-16-10-4-3-9-15(16)19-17(12-24)21-22-23(19)18-11-5-7-13-6-1-2-8-14(13)18/h1-12H. The molecule has 0 saturated carbocycles. The van der Waals surface area contributed by atoms with E-state index < -0.39 is 5.82 Å². The van der Waals surface area contributed by atoms with E-state index >= 15 is 0 Å². The number of halogens is 1. The van der Waals surface area contributed by atoms with Gasteiger partial charge in [-0.1, -0.05) is 53.7 Å². The summed E-state index contributed by atoms with van der Waals surface area (Å²) in [6, 6.07) is 19.8. The molecule has 1 heterocycles. The Morgan fingerprint density at radius 3 is 2.50 bits per heavy atom. The zero-order valence-corrected chi connectivity index (χ0v) is 12.6. The van der Waals surface area contributed by atoms with Crippen LogP contribution in [0.4, 0.5) is 4.39 Å². The molecule has 116 valence electrons. The lowest BCUT2D eigenvalue weighted by Gasteiger charge is -2.10. The maximum Gasteiger partial charge on any atom is 0.172 e. The molecule has 0 fully saturated rings. The number of rotatable bonds is 3. The van der Waals surface area contributed by atoms with E-state index in [0.717, 1.165) is 16.5 Å². The Hall–Kier alpha value is -3.34. The Balaban J connectivity index is 2.05. The van der Waals surface area contributed by atoms with Crippen LogP contribution in [-0.2, 0) is 0 Å². The zero-order chi connectivity index (χ0) is 16.5. The van der Waals surface area contributed by atoms with Gasteiger partial charge in [-0.2, -0.15) is 0 Å². The molecule has 0 aliphatic rings. The Labute approximate surface area is 137 Å². The van der Waals surface area contributed by atoms with Crippen molar-refractivity contribution in [1.82, 2.24) is 15.0 Å². The lowest BCUT2D eigenvalue weighted by Crippen LogP contribution is -2.02. The molecule has 0 saturated heterocycles. The fourth-order valence-corrected chi connectivity index (χ4v) is 2.84. The molecule has 0 bridgehead atoms. The summed E-state index contributed by atoms with van der Waals surface area (Å²) in [5.41, 5.74) is 1.48.